The van der Waals surface area contributed by atoms with Gasteiger partial charge in [0, 0.05) is 18.0 Å². The second-order valence-corrected chi connectivity index (χ2v) is 5.30. The number of rotatable bonds is 8. The van der Waals surface area contributed by atoms with Gasteiger partial charge in [-0.2, -0.15) is 0 Å². The minimum absolute atomic E-state index is 0.0695. The van der Waals surface area contributed by atoms with Crippen molar-refractivity contribution < 1.29 is 19.1 Å². The third kappa shape index (κ3) is 6.35. The van der Waals surface area contributed by atoms with E-state index in [0.717, 1.165) is 11.1 Å². The molecule has 22 heavy (non-hydrogen) atoms. The molecule has 1 aromatic carbocycles. The van der Waals surface area contributed by atoms with Gasteiger partial charge in [-0.05, 0) is 50.5 Å². The lowest BCUT2D eigenvalue weighted by Crippen LogP contribution is -2.30. The molecule has 0 unspecified atom stereocenters. The van der Waals surface area contributed by atoms with Crippen LogP contribution < -0.4 is 10.1 Å². The van der Waals surface area contributed by atoms with Crippen LogP contribution in [-0.4, -0.2) is 31.6 Å². The van der Waals surface area contributed by atoms with E-state index in [0.29, 0.717) is 36.8 Å². The van der Waals surface area contributed by atoms with Crippen LogP contribution >= 0.6 is 11.6 Å². The molecule has 0 aliphatic rings. The molecule has 0 spiro atoms. The molecule has 5 nitrogen and oxygen atoms in total. The van der Waals surface area contributed by atoms with E-state index >= 15 is 0 Å². The van der Waals surface area contributed by atoms with Crippen LogP contribution in [0.2, 0.25) is 5.02 Å². The third-order valence-corrected chi connectivity index (χ3v) is 3.56. The summed E-state index contributed by atoms with van der Waals surface area (Å²) in [6.07, 6.45) is 0.842. The highest BCUT2D eigenvalue weighted by Gasteiger charge is 2.07. The van der Waals surface area contributed by atoms with Crippen molar-refractivity contribution in [1.82, 2.24) is 5.32 Å². The second-order valence-electron chi connectivity index (χ2n) is 4.92. The Balaban J connectivity index is 2.27. The van der Waals surface area contributed by atoms with Crippen molar-refractivity contribution in [1.29, 1.82) is 0 Å². The smallest absolute Gasteiger partial charge is 0.305 e. The summed E-state index contributed by atoms with van der Waals surface area (Å²) in [5, 5.41) is 3.40. The highest BCUT2D eigenvalue weighted by molar-refractivity contribution is 6.32. The van der Waals surface area contributed by atoms with Gasteiger partial charge in [-0.1, -0.05) is 11.6 Å². The summed E-state index contributed by atoms with van der Waals surface area (Å²) in [4.78, 5) is 22.8. The summed E-state index contributed by atoms with van der Waals surface area (Å²) >= 11 is 6.07. The summed E-state index contributed by atoms with van der Waals surface area (Å²) in [6, 6.07) is 3.59. The van der Waals surface area contributed by atoms with Gasteiger partial charge in [-0.3, -0.25) is 9.59 Å². The molecule has 0 fully saturated rings. The van der Waals surface area contributed by atoms with E-state index < -0.39 is 0 Å². The first-order valence-corrected chi connectivity index (χ1v) is 7.63. The van der Waals surface area contributed by atoms with E-state index in [1.165, 1.54) is 0 Å². The average Bonchev–Trinajstić information content (AvgIpc) is 2.47. The molecule has 122 valence electrons. The van der Waals surface area contributed by atoms with Crippen molar-refractivity contribution in [2.75, 3.05) is 19.8 Å². The predicted molar refractivity (Wildman–Crippen MR) is 85.3 cm³/mol. The predicted octanol–water partition coefficient (Wildman–Crippen LogP) is 2.80. The van der Waals surface area contributed by atoms with Crippen LogP contribution in [-0.2, 0) is 14.3 Å². The second kappa shape index (κ2) is 9.30. The first-order chi connectivity index (χ1) is 10.4. The van der Waals surface area contributed by atoms with Crippen molar-refractivity contribution >= 4 is 23.5 Å². The topological polar surface area (TPSA) is 64.6 Å². The number of benzene rings is 1. The zero-order valence-electron chi connectivity index (χ0n) is 13.2. The Morgan fingerprint density at radius 2 is 1.86 bits per heavy atom. The van der Waals surface area contributed by atoms with Crippen LogP contribution in [0.4, 0.5) is 0 Å². The first-order valence-electron chi connectivity index (χ1n) is 7.26. The van der Waals surface area contributed by atoms with Gasteiger partial charge >= 0.3 is 5.97 Å². The summed E-state index contributed by atoms with van der Waals surface area (Å²) in [5.74, 6) is 0.135. The van der Waals surface area contributed by atoms with E-state index in [1.807, 2.05) is 13.8 Å². The molecule has 0 heterocycles. The van der Waals surface area contributed by atoms with Gasteiger partial charge in [0.15, 0.2) is 6.61 Å². The van der Waals surface area contributed by atoms with Crippen LogP contribution in [0.5, 0.6) is 5.75 Å². The van der Waals surface area contributed by atoms with Crippen LogP contribution in [0.3, 0.4) is 0 Å². The van der Waals surface area contributed by atoms with E-state index in [9.17, 15) is 9.59 Å². The molecule has 0 bridgehead atoms. The number of ether oxygens (including phenoxy) is 2. The zero-order chi connectivity index (χ0) is 16.5. The Morgan fingerprint density at radius 3 is 2.45 bits per heavy atom. The summed E-state index contributed by atoms with van der Waals surface area (Å²) in [7, 11) is 0. The quantitative estimate of drug-likeness (QED) is 0.589. The molecule has 0 saturated heterocycles. The Labute approximate surface area is 135 Å². The lowest BCUT2D eigenvalue weighted by Gasteiger charge is -2.10. The standard InChI is InChI=1S/C16H22ClNO4/c1-4-21-15(20)6-5-7-18-14(19)10-22-13-8-11(2)16(17)12(3)9-13/h8-9H,4-7,10H2,1-3H3,(H,18,19). The number of carbonyl (C=O) groups is 2. The molecule has 0 radical (unpaired) electrons. The number of amides is 1. The Hall–Kier alpha value is -1.75. The van der Waals surface area contributed by atoms with Crippen LogP contribution in [0.1, 0.15) is 30.9 Å². The largest absolute Gasteiger partial charge is 0.484 e. The van der Waals surface area contributed by atoms with Crippen molar-refractivity contribution in [3.8, 4) is 5.75 Å². The monoisotopic (exact) mass is 327 g/mol. The molecule has 0 aliphatic carbocycles. The molecule has 1 aromatic rings. The fourth-order valence-electron chi connectivity index (χ4n) is 1.88. The van der Waals surface area contributed by atoms with E-state index in [2.05, 4.69) is 5.32 Å². The number of aryl methyl sites for hydroxylation is 2. The zero-order valence-corrected chi connectivity index (χ0v) is 14.0. The van der Waals surface area contributed by atoms with Crippen LogP contribution in [0.15, 0.2) is 12.1 Å². The summed E-state index contributed by atoms with van der Waals surface area (Å²) < 4.78 is 10.2. The van der Waals surface area contributed by atoms with Crippen molar-refractivity contribution in [2.45, 2.75) is 33.6 Å². The van der Waals surface area contributed by atoms with Crippen molar-refractivity contribution in [3.63, 3.8) is 0 Å². The molecule has 1 N–H and O–H groups in total. The number of nitrogens with one attached hydrogen (secondary N) is 1. The van der Waals surface area contributed by atoms with Crippen LogP contribution in [0.25, 0.3) is 0 Å². The lowest BCUT2D eigenvalue weighted by atomic mass is 10.1. The van der Waals surface area contributed by atoms with Gasteiger partial charge in [-0.25, -0.2) is 0 Å². The SMILES string of the molecule is CCOC(=O)CCCNC(=O)COc1cc(C)c(Cl)c(C)c1. The van der Waals surface area contributed by atoms with E-state index in [1.54, 1.807) is 19.1 Å². The van der Waals surface area contributed by atoms with Gasteiger partial charge in [0.05, 0.1) is 6.61 Å². The van der Waals surface area contributed by atoms with Gasteiger partial charge < -0.3 is 14.8 Å². The molecule has 0 atom stereocenters. The maximum Gasteiger partial charge on any atom is 0.305 e. The van der Waals surface area contributed by atoms with Crippen molar-refractivity contribution in [2.24, 2.45) is 0 Å². The number of hydrogen-bond donors (Lipinski definition) is 1. The Morgan fingerprint density at radius 1 is 1.23 bits per heavy atom. The maximum atomic E-state index is 11.6. The van der Waals surface area contributed by atoms with Gasteiger partial charge in [0.1, 0.15) is 5.75 Å². The molecule has 6 heteroatoms. The third-order valence-electron chi connectivity index (χ3n) is 2.97. The highest BCUT2D eigenvalue weighted by Crippen LogP contribution is 2.25. The number of carbonyl (C=O) groups excluding carboxylic acids is 2. The fraction of sp³-hybridized carbons (Fsp3) is 0.500. The lowest BCUT2D eigenvalue weighted by molar-refractivity contribution is -0.143. The normalized spacial score (nSPS) is 10.2. The van der Waals surface area contributed by atoms with Crippen molar-refractivity contribution in [3.05, 3.63) is 28.3 Å². The number of esters is 1. The Kier molecular flexibility index (Phi) is 7.74. The molecule has 0 aromatic heterocycles. The van der Waals surface area contributed by atoms with Gasteiger partial charge in [0.2, 0.25) is 0 Å². The number of hydrogen-bond acceptors (Lipinski definition) is 4. The summed E-state index contributed by atoms with van der Waals surface area (Å²) in [5.41, 5.74) is 1.82. The number of halogens is 1. The fourth-order valence-corrected chi connectivity index (χ4v) is 1.99. The van der Waals surface area contributed by atoms with Gasteiger partial charge in [0.25, 0.3) is 5.91 Å². The first kappa shape index (κ1) is 18.3. The summed E-state index contributed by atoms with van der Waals surface area (Å²) in [6.45, 7) is 6.26. The molecular weight excluding hydrogens is 306 g/mol. The molecule has 0 saturated carbocycles. The molecule has 1 rings (SSSR count). The minimum Gasteiger partial charge on any atom is -0.484 e. The molecule has 1 amide bonds. The van der Waals surface area contributed by atoms with E-state index in [-0.39, 0.29) is 18.5 Å². The van der Waals surface area contributed by atoms with Gasteiger partial charge in [-0.15, -0.1) is 0 Å². The molecular formula is C16H22ClNO4. The highest BCUT2D eigenvalue weighted by atomic mass is 35.5. The van der Waals surface area contributed by atoms with Crippen LogP contribution in [0, 0.1) is 13.8 Å². The average molecular weight is 328 g/mol. The van der Waals surface area contributed by atoms with E-state index in [4.69, 9.17) is 21.1 Å². The molecule has 0 aliphatic heterocycles. The minimum atomic E-state index is -0.250. The Bertz CT molecular complexity index is 508. The maximum absolute atomic E-state index is 11.6.